The number of halogens is 1. The molecule has 0 amide bonds. The molecule has 6 nitrogen and oxygen atoms in total. The van der Waals surface area contributed by atoms with Crippen LogP contribution in [0, 0.1) is 0 Å². The summed E-state index contributed by atoms with van der Waals surface area (Å²) in [7, 11) is 0. The first-order chi connectivity index (χ1) is 5.68. The van der Waals surface area contributed by atoms with Crippen LogP contribution < -0.4 is 0 Å². The molecule has 0 aromatic carbocycles. The van der Waals surface area contributed by atoms with E-state index in [0.717, 1.165) is 0 Å². The van der Waals surface area contributed by atoms with Gasteiger partial charge in [0.05, 0.1) is 26.4 Å². The second-order valence-corrected chi connectivity index (χ2v) is 1.40. The first kappa shape index (κ1) is 13.7. The van der Waals surface area contributed by atoms with Gasteiger partial charge >= 0.3 is 6.16 Å². The fourth-order valence-electron chi connectivity index (χ4n) is 0.231. The number of hydrogen-bond acceptors (Lipinski definition) is 5. The Morgan fingerprint density at radius 3 is 1.75 bits per heavy atom. The van der Waals surface area contributed by atoms with E-state index < -0.39 is 6.16 Å². The van der Waals surface area contributed by atoms with Gasteiger partial charge in [0.25, 0.3) is 0 Å². The molecule has 0 aliphatic carbocycles. The molecule has 3 N–H and O–H groups in total. The first-order valence-electron chi connectivity index (χ1n) is 3.00. The summed E-state index contributed by atoms with van der Waals surface area (Å²) < 4.78 is 14.6. The lowest BCUT2D eigenvalue weighted by molar-refractivity contribution is -0.0884. The molecule has 0 rings (SSSR count). The Morgan fingerprint density at radius 2 is 1.58 bits per heavy atom. The highest BCUT2D eigenvalue weighted by atomic mass is 19.3. The maximum absolute atomic E-state index is 10.0. The Labute approximate surface area is 68.0 Å². The van der Waals surface area contributed by atoms with Crippen molar-refractivity contribution in [2.75, 3.05) is 26.4 Å². The molecular formula is C5H11FO6. The van der Waals surface area contributed by atoms with Crippen molar-refractivity contribution in [2.45, 2.75) is 0 Å². The van der Waals surface area contributed by atoms with Gasteiger partial charge in [-0.15, -0.1) is 0 Å². The minimum Gasteiger partial charge on any atom is -0.448 e. The van der Waals surface area contributed by atoms with Gasteiger partial charge in [0.15, 0.2) is 0 Å². The number of aliphatic hydroxyl groups excluding tert-OH is 2. The van der Waals surface area contributed by atoms with Crippen LogP contribution in [-0.2, 0) is 9.68 Å². The fraction of sp³-hybridized carbons (Fsp3) is 0.800. The Hall–Kier alpha value is -0.920. The van der Waals surface area contributed by atoms with Crippen LogP contribution in [0.2, 0.25) is 0 Å². The quantitative estimate of drug-likeness (QED) is 0.515. The number of aliphatic hydroxyl groups is 2. The second-order valence-electron chi connectivity index (χ2n) is 1.40. The van der Waals surface area contributed by atoms with Crippen molar-refractivity contribution in [3.05, 3.63) is 0 Å². The van der Waals surface area contributed by atoms with Crippen LogP contribution in [0.3, 0.4) is 0 Å². The highest BCUT2D eigenvalue weighted by molar-refractivity contribution is 5.55. The van der Waals surface area contributed by atoms with Crippen molar-refractivity contribution in [1.82, 2.24) is 0 Å². The Kier molecular flexibility index (Phi) is 14.5. The zero-order chi connectivity index (χ0) is 9.82. The predicted molar refractivity (Wildman–Crippen MR) is 35.2 cm³/mol. The van der Waals surface area contributed by atoms with Gasteiger partial charge in [-0.2, -0.15) is 0 Å². The lowest BCUT2D eigenvalue weighted by Gasteiger charge is -1.94. The fourth-order valence-corrected chi connectivity index (χ4v) is 0.231. The van der Waals surface area contributed by atoms with Crippen LogP contribution in [0.5, 0.6) is 0 Å². The van der Waals surface area contributed by atoms with E-state index >= 15 is 0 Å². The molecule has 0 unspecified atom stereocenters. The molecule has 0 heterocycles. The molecule has 0 aromatic rings. The molecule has 0 radical (unpaired) electrons. The molecular weight excluding hydrogens is 175 g/mol. The third-order valence-corrected chi connectivity index (χ3v) is 0.537. The van der Waals surface area contributed by atoms with E-state index in [9.17, 15) is 4.53 Å². The van der Waals surface area contributed by atoms with E-state index in [1.54, 1.807) is 0 Å². The van der Waals surface area contributed by atoms with Crippen molar-refractivity contribution in [3.63, 3.8) is 0 Å². The third kappa shape index (κ3) is 23.0. The van der Waals surface area contributed by atoms with Crippen molar-refractivity contribution >= 4 is 6.16 Å². The Balaban J connectivity index is 0. The molecule has 0 atom stereocenters. The van der Waals surface area contributed by atoms with E-state index in [1.165, 1.54) is 0 Å². The smallest absolute Gasteiger partial charge is 0.448 e. The van der Waals surface area contributed by atoms with Crippen LogP contribution in [0.15, 0.2) is 0 Å². The average Bonchev–Trinajstić information content (AvgIpc) is 2.07. The monoisotopic (exact) mass is 186 g/mol. The molecule has 0 fully saturated rings. The molecule has 0 aliphatic rings. The standard InChI is InChI=1S/C4H10O3.CHFO3/c5-1-3-7-4-2-6;2-5-1(3)4/h5-6H,1-4H2;(H,3,4). The van der Waals surface area contributed by atoms with Gasteiger partial charge in [-0.05, 0) is 0 Å². The lowest BCUT2D eigenvalue weighted by Crippen LogP contribution is -2.03. The van der Waals surface area contributed by atoms with Crippen molar-refractivity contribution in [3.8, 4) is 0 Å². The number of rotatable bonds is 4. The Morgan fingerprint density at radius 1 is 1.25 bits per heavy atom. The van der Waals surface area contributed by atoms with Crippen LogP contribution in [0.25, 0.3) is 0 Å². The summed E-state index contributed by atoms with van der Waals surface area (Å²) in [5, 5.41) is 23.3. The van der Waals surface area contributed by atoms with Crippen LogP contribution in [0.4, 0.5) is 9.32 Å². The predicted octanol–water partition coefficient (Wildman–Crippen LogP) is -0.447. The van der Waals surface area contributed by atoms with Crippen LogP contribution in [-0.4, -0.2) is 47.9 Å². The average molecular weight is 186 g/mol. The highest BCUT2D eigenvalue weighted by Gasteiger charge is 1.87. The second kappa shape index (κ2) is 12.7. The molecule has 0 saturated heterocycles. The number of hydrogen-bond donors (Lipinski definition) is 3. The largest absolute Gasteiger partial charge is 0.542 e. The van der Waals surface area contributed by atoms with Gasteiger partial charge in [-0.25, -0.2) is 9.74 Å². The minimum atomic E-state index is -1.91. The molecule has 0 aromatic heterocycles. The van der Waals surface area contributed by atoms with Gasteiger partial charge in [-0.1, -0.05) is 0 Å². The summed E-state index contributed by atoms with van der Waals surface area (Å²) in [6.07, 6.45) is -1.91. The molecule has 12 heavy (non-hydrogen) atoms. The molecule has 0 spiro atoms. The van der Waals surface area contributed by atoms with Gasteiger partial charge < -0.3 is 20.1 Å². The first-order valence-corrected chi connectivity index (χ1v) is 3.00. The molecule has 0 aliphatic heterocycles. The third-order valence-electron chi connectivity index (χ3n) is 0.537. The summed E-state index contributed by atoms with van der Waals surface area (Å²) in [5.74, 6) is 0. The molecule has 74 valence electrons. The van der Waals surface area contributed by atoms with E-state index in [-0.39, 0.29) is 13.2 Å². The summed E-state index contributed by atoms with van der Waals surface area (Å²) in [5.41, 5.74) is 0. The molecule has 0 bridgehead atoms. The molecule has 0 saturated carbocycles. The van der Waals surface area contributed by atoms with E-state index in [4.69, 9.17) is 20.1 Å². The van der Waals surface area contributed by atoms with Crippen molar-refractivity contribution < 1.29 is 34.3 Å². The summed E-state index contributed by atoms with van der Waals surface area (Å²) in [6.45, 7) is 0.696. The normalized spacial score (nSPS) is 8.25. The van der Waals surface area contributed by atoms with Crippen molar-refractivity contribution in [2.24, 2.45) is 0 Å². The summed E-state index contributed by atoms with van der Waals surface area (Å²) in [4.78, 5) is 10.9. The van der Waals surface area contributed by atoms with Gasteiger partial charge in [0, 0.05) is 4.53 Å². The Bertz CT molecular complexity index is 93.9. The number of carbonyl (C=O) groups is 1. The number of carboxylic acid groups (broad SMARTS) is 1. The van der Waals surface area contributed by atoms with Crippen LogP contribution in [0.1, 0.15) is 0 Å². The van der Waals surface area contributed by atoms with Gasteiger partial charge in [0.1, 0.15) is 0 Å². The van der Waals surface area contributed by atoms with Gasteiger partial charge in [-0.3, -0.25) is 0 Å². The van der Waals surface area contributed by atoms with Gasteiger partial charge in [0.2, 0.25) is 0 Å². The minimum absolute atomic E-state index is 0.0278. The topological polar surface area (TPSA) is 96.2 Å². The SMILES string of the molecule is O=C(O)OF.OCCOCCO. The number of ether oxygens (including phenoxy) is 1. The maximum atomic E-state index is 10.0. The maximum Gasteiger partial charge on any atom is 0.542 e. The zero-order valence-corrected chi connectivity index (χ0v) is 6.27. The van der Waals surface area contributed by atoms with Crippen LogP contribution >= 0.6 is 0 Å². The summed E-state index contributed by atoms with van der Waals surface area (Å²) >= 11 is 0. The molecule has 7 heteroatoms. The van der Waals surface area contributed by atoms with E-state index in [1.807, 2.05) is 0 Å². The lowest BCUT2D eigenvalue weighted by atomic mass is 10.7. The van der Waals surface area contributed by atoms with Crippen molar-refractivity contribution in [1.29, 1.82) is 0 Å². The highest BCUT2D eigenvalue weighted by Crippen LogP contribution is 1.69. The zero-order valence-electron chi connectivity index (χ0n) is 6.27. The summed E-state index contributed by atoms with van der Waals surface area (Å²) in [6, 6.07) is 0. The van der Waals surface area contributed by atoms with E-state index in [2.05, 4.69) is 9.68 Å². The van der Waals surface area contributed by atoms with E-state index in [0.29, 0.717) is 13.2 Å².